The summed E-state index contributed by atoms with van der Waals surface area (Å²) in [4.78, 5) is 13.6. The van der Waals surface area contributed by atoms with Gasteiger partial charge in [-0.1, -0.05) is 12.1 Å². The zero-order valence-corrected chi connectivity index (χ0v) is 16.2. The third-order valence-electron chi connectivity index (χ3n) is 5.36. The minimum atomic E-state index is -0.207. The first-order valence-electron chi connectivity index (χ1n) is 9.70. The van der Waals surface area contributed by atoms with Gasteiger partial charge in [0, 0.05) is 31.9 Å². The Morgan fingerprint density at radius 2 is 1.62 bits per heavy atom. The largest absolute Gasteiger partial charge is 0.368 e. The fourth-order valence-corrected chi connectivity index (χ4v) is 3.86. The fourth-order valence-electron chi connectivity index (χ4n) is 3.86. The number of piperazine rings is 1. The van der Waals surface area contributed by atoms with Crippen LogP contribution in [-0.2, 0) is 0 Å². The molecule has 4 aromatic rings. The molecule has 2 aromatic heterocycles. The monoisotopic (exact) mass is 388 g/mol. The van der Waals surface area contributed by atoms with E-state index < -0.39 is 0 Å². The molecule has 0 aliphatic carbocycles. The van der Waals surface area contributed by atoms with Crippen molar-refractivity contribution in [3.05, 3.63) is 72.4 Å². The van der Waals surface area contributed by atoms with Crippen LogP contribution < -0.4 is 9.80 Å². The van der Waals surface area contributed by atoms with Gasteiger partial charge in [-0.25, -0.2) is 19.0 Å². The minimum absolute atomic E-state index is 0.207. The summed E-state index contributed by atoms with van der Waals surface area (Å²) in [5.74, 6) is 0.703. The van der Waals surface area contributed by atoms with Crippen molar-refractivity contribution in [3.8, 4) is 5.69 Å². The molecular formula is C22H21FN6. The molecule has 3 heterocycles. The van der Waals surface area contributed by atoms with Crippen molar-refractivity contribution in [2.75, 3.05) is 36.0 Å². The van der Waals surface area contributed by atoms with E-state index in [1.807, 2.05) is 35.1 Å². The van der Waals surface area contributed by atoms with Crippen molar-refractivity contribution >= 4 is 22.5 Å². The molecule has 0 amide bonds. The molecule has 0 radical (unpaired) electrons. The van der Waals surface area contributed by atoms with Gasteiger partial charge < -0.3 is 9.80 Å². The number of benzene rings is 2. The normalized spacial score (nSPS) is 14.6. The van der Waals surface area contributed by atoms with Crippen LogP contribution in [0.15, 0.2) is 61.1 Å². The third-order valence-corrected chi connectivity index (χ3v) is 5.36. The zero-order chi connectivity index (χ0) is 19.8. The van der Waals surface area contributed by atoms with Crippen LogP contribution in [0, 0.1) is 12.7 Å². The Hall–Kier alpha value is -3.48. The lowest BCUT2D eigenvalue weighted by molar-refractivity contribution is 0.624. The van der Waals surface area contributed by atoms with Gasteiger partial charge in [0.25, 0.3) is 0 Å². The lowest BCUT2D eigenvalue weighted by Crippen LogP contribution is -2.46. The molecule has 0 saturated carbocycles. The van der Waals surface area contributed by atoms with Crippen molar-refractivity contribution in [3.63, 3.8) is 0 Å². The summed E-state index contributed by atoms with van der Waals surface area (Å²) in [6.45, 7) is 5.43. The number of aromatic nitrogens is 4. The lowest BCUT2D eigenvalue weighted by atomic mass is 10.2. The summed E-state index contributed by atoms with van der Waals surface area (Å²) in [5, 5.41) is 5.52. The number of aryl methyl sites for hydroxylation is 1. The molecule has 1 aliphatic rings. The second kappa shape index (κ2) is 7.16. The molecule has 2 aromatic carbocycles. The smallest absolute Gasteiger partial charge is 0.168 e. The Bertz CT molecular complexity index is 1150. The summed E-state index contributed by atoms with van der Waals surface area (Å²) < 4.78 is 15.0. The van der Waals surface area contributed by atoms with E-state index in [1.54, 1.807) is 6.33 Å². The van der Waals surface area contributed by atoms with Crippen molar-refractivity contribution in [1.29, 1.82) is 0 Å². The summed E-state index contributed by atoms with van der Waals surface area (Å²) >= 11 is 0. The highest BCUT2D eigenvalue weighted by Gasteiger charge is 2.21. The number of halogens is 1. The maximum atomic E-state index is 13.2. The maximum Gasteiger partial charge on any atom is 0.168 e. The Labute approximate surface area is 168 Å². The van der Waals surface area contributed by atoms with E-state index in [-0.39, 0.29) is 5.82 Å². The predicted octanol–water partition coefficient (Wildman–Crippen LogP) is 3.59. The molecule has 0 atom stereocenters. The fraction of sp³-hybridized carbons (Fsp3) is 0.227. The number of anilines is 2. The van der Waals surface area contributed by atoms with Gasteiger partial charge in [-0.3, -0.25) is 0 Å². The van der Waals surface area contributed by atoms with E-state index >= 15 is 0 Å². The molecule has 0 unspecified atom stereocenters. The number of fused-ring (bicyclic) bond motifs is 1. The van der Waals surface area contributed by atoms with Crippen LogP contribution in [0.2, 0.25) is 0 Å². The average Bonchev–Trinajstić information content (AvgIpc) is 3.19. The van der Waals surface area contributed by atoms with Crippen LogP contribution in [0.4, 0.5) is 15.9 Å². The van der Waals surface area contributed by atoms with E-state index in [4.69, 9.17) is 0 Å². The minimum Gasteiger partial charge on any atom is -0.368 e. The van der Waals surface area contributed by atoms with Gasteiger partial charge in [0.1, 0.15) is 18.0 Å². The molecule has 146 valence electrons. The zero-order valence-electron chi connectivity index (χ0n) is 16.2. The first-order chi connectivity index (χ1) is 14.2. The molecule has 0 N–H and O–H groups in total. The van der Waals surface area contributed by atoms with Crippen LogP contribution in [0.3, 0.4) is 0 Å². The van der Waals surface area contributed by atoms with Gasteiger partial charge in [0.2, 0.25) is 0 Å². The Balaban J connectivity index is 1.41. The van der Waals surface area contributed by atoms with Crippen LogP contribution in [0.25, 0.3) is 16.7 Å². The third kappa shape index (κ3) is 3.29. The van der Waals surface area contributed by atoms with Crippen LogP contribution in [-0.4, -0.2) is 45.9 Å². The maximum absolute atomic E-state index is 13.2. The highest BCUT2D eigenvalue weighted by molar-refractivity contribution is 5.87. The van der Waals surface area contributed by atoms with Crippen LogP contribution in [0.1, 0.15) is 5.56 Å². The highest BCUT2D eigenvalue weighted by atomic mass is 19.1. The van der Waals surface area contributed by atoms with Crippen molar-refractivity contribution in [2.24, 2.45) is 0 Å². The number of rotatable bonds is 3. The molecule has 1 saturated heterocycles. The van der Waals surface area contributed by atoms with E-state index in [1.165, 1.54) is 17.7 Å². The van der Waals surface area contributed by atoms with E-state index in [2.05, 4.69) is 43.9 Å². The summed E-state index contributed by atoms with van der Waals surface area (Å²) in [6.07, 6.45) is 3.46. The van der Waals surface area contributed by atoms with Gasteiger partial charge in [-0.05, 0) is 48.9 Å². The van der Waals surface area contributed by atoms with Gasteiger partial charge >= 0.3 is 0 Å². The summed E-state index contributed by atoms with van der Waals surface area (Å²) in [5.41, 5.74) is 4.02. The van der Waals surface area contributed by atoms with Gasteiger partial charge in [-0.15, -0.1) is 0 Å². The van der Waals surface area contributed by atoms with Crippen LogP contribution in [0.5, 0.6) is 0 Å². The summed E-state index contributed by atoms with van der Waals surface area (Å²) in [6, 6.07) is 14.9. The quantitative estimate of drug-likeness (QED) is 0.537. The first kappa shape index (κ1) is 17.6. The van der Waals surface area contributed by atoms with Crippen molar-refractivity contribution < 1.29 is 4.39 Å². The second-order valence-corrected chi connectivity index (χ2v) is 7.28. The lowest BCUT2D eigenvalue weighted by Gasteiger charge is -2.36. The number of nitrogens with zero attached hydrogens (tertiary/aromatic N) is 6. The number of hydrogen-bond donors (Lipinski definition) is 0. The van der Waals surface area contributed by atoms with Gasteiger partial charge in [0.15, 0.2) is 5.65 Å². The van der Waals surface area contributed by atoms with Crippen molar-refractivity contribution in [1.82, 2.24) is 19.7 Å². The van der Waals surface area contributed by atoms with Crippen LogP contribution >= 0.6 is 0 Å². The first-order valence-corrected chi connectivity index (χ1v) is 9.70. The topological polar surface area (TPSA) is 50.1 Å². The van der Waals surface area contributed by atoms with Crippen molar-refractivity contribution in [2.45, 2.75) is 6.92 Å². The van der Waals surface area contributed by atoms with E-state index in [0.29, 0.717) is 0 Å². The highest BCUT2D eigenvalue weighted by Crippen LogP contribution is 2.26. The average molecular weight is 388 g/mol. The molecule has 1 aliphatic heterocycles. The number of hydrogen-bond acceptors (Lipinski definition) is 5. The SMILES string of the molecule is Cc1cccc(-n2ncc3c(N4CCN(c5ccc(F)cc5)CC4)ncnc32)c1. The molecule has 29 heavy (non-hydrogen) atoms. The molecule has 5 rings (SSSR count). The molecule has 7 heteroatoms. The Kier molecular flexibility index (Phi) is 4.35. The molecule has 1 fully saturated rings. The van der Waals surface area contributed by atoms with Gasteiger partial charge in [0.05, 0.1) is 17.3 Å². The molecular weight excluding hydrogens is 367 g/mol. The van der Waals surface area contributed by atoms with Gasteiger partial charge in [-0.2, -0.15) is 5.10 Å². The van der Waals surface area contributed by atoms with E-state index in [9.17, 15) is 4.39 Å². The predicted molar refractivity (Wildman–Crippen MR) is 112 cm³/mol. The Morgan fingerprint density at radius 1 is 0.862 bits per heavy atom. The second-order valence-electron chi connectivity index (χ2n) is 7.28. The Morgan fingerprint density at radius 3 is 2.38 bits per heavy atom. The summed E-state index contributed by atoms with van der Waals surface area (Å²) in [7, 11) is 0. The van der Waals surface area contributed by atoms with E-state index in [0.717, 1.165) is 54.4 Å². The molecule has 6 nitrogen and oxygen atoms in total. The standard InChI is InChI=1S/C22H21FN6/c1-16-3-2-4-19(13-16)29-22-20(14-26-29)21(24-15-25-22)28-11-9-27(10-12-28)18-7-5-17(23)6-8-18/h2-8,13-15H,9-12H2,1H3. The molecule has 0 spiro atoms. The molecule has 0 bridgehead atoms.